The Kier molecular flexibility index (Phi) is 6.27. The summed E-state index contributed by atoms with van der Waals surface area (Å²) in [6, 6.07) is 6.12. The first-order chi connectivity index (χ1) is 11.4. The topological polar surface area (TPSA) is 66.5 Å². The second-order valence-corrected chi connectivity index (χ2v) is 8.63. The van der Waals surface area contributed by atoms with Crippen LogP contribution in [0, 0.1) is 0 Å². The molecule has 5 nitrogen and oxygen atoms in total. The van der Waals surface area contributed by atoms with Crippen molar-refractivity contribution >= 4 is 21.4 Å². The Hall–Kier alpha value is -1.56. The van der Waals surface area contributed by atoms with Gasteiger partial charge in [-0.15, -0.1) is 0 Å². The summed E-state index contributed by atoms with van der Waals surface area (Å²) in [4.78, 5) is 13.9. The zero-order valence-electron chi connectivity index (χ0n) is 14.8. The van der Waals surface area contributed by atoms with Crippen LogP contribution >= 0.6 is 0 Å². The van der Waals surface area contributed by atoms with Gasteiger partial charge < -0.3 is 10.2 Å². The molecule has 1 N–H and O–H groups in total. The maximum Gasteiger partial charge on any atom is 0.224 e. The lowest BCUT2D eigenvalue weighted by Crippen LogP contribution is -2.38. The van der Waals surface area contributed by atoms with Gasteiger partial charge in [0, 0.05) is 31.7 Å². The van der Waals surface area contributed by atoms with Crippen molar-refractivity contribution < 1.29 is 13.2 Å². The van der Waals surface area contributed by atoms with E-state index in [-0.39, 0.29) is 23.5 Å². The molecule has 6 heteroatoms. The number of carbonyl (C=O) groups is 1. The second-order valence-electron chi connectivity index (χ2n) is 6.40. The molecule has 1 aliphatic rings. The van der Waals surface area contributed by atoms with Crippen molar-refractivity contribution in [2.24, 2.45) is 0 Å². The highest BCUT2D eigenvalue weighted by Crippen LogP contribution is 2.23. The fourth-order valence-corrected chi connectivity index (χ4v) is 5.00. The number of carbonyl (C=O) groups excluding carboxylic acids is 1. The van der Waals surface area contributed by atoms with Crippen LogP contribution in [-0.2, 0) is 27.5 Å². The number of anilines is 1. The van der Waals surface area contributed by atoms with E-state index in [1.807, 2.05) is 0 Å². The molecule has 0 aliphatic carbocycles. The first-order valence-corrected chi connectivity index (χ1v) is 10.5. The molecule has 1 amide bonds. The van der Waals surface area contributed by atoms with Gasteiger partial charge in [-0.3, -0.25) is 4.79 Å². The highest BCUT2D eigenvalue weighted by molar-refractivity contribution is 7.91. The van der Waals surface area contributed by atoms with Crippen LogP contribution in [0.15, 0.2) is 18.2 Å². The van der Waals surface area contributed by atoms with Gasteiger partial charge in [0.15, 0.2) is 9.84 Å². The minimum Gasteiger partial charge on any atom is -0.384 e. The Balaban J connectivity index is 1.91. The predicted molar refractivity (Wildman–Crippen MR) is 98.1 cm³/mol. The van der Waals surface area contributed by atoms with Crippen LogP contribution in [0.1, 0.15) is 37.8 Å². The number of rotatable bonds is 7. The number of nitrogens with zero attached hydrogens (tertiary/aromatic N) is 1. The number of nitrogens with one attached hydrogen (secondary N) is 1. The van der Waals surface area contributed by atoms with Gasteiger partial charge in [-0.1, -0.05) is 32.0 Å². The summed E-state index contributed by atoms with van der Waals surface area (Å²) in [6.07, 6.45) is 2.82. The molecule has 1 aliphatic heterocycles. The second kappa shape index (κ2) is 8.01. The standard InChI is InChI=1S/C18H28N2O3S/c1-4-14-7-6-8-15(5-2)18(14)19-11-9-17(21)20(3)16-10-12-24(22,23)13-16/h6-8,16,19H,4-5,9-13H2,1-3H3. The lowest BCUT2D eigenvalue weighted by molar-refractivity contribution is -0.131. The molecule has 0 bridgehead atoms. The lowest BCUT2D eigenvalue weighted by Gasteiger charge is -2.24. The van der Waals surface area contributed by atoms with Crippen molar-refractivity contribution in [1.29, 1.82) is 0 Å². The van der Waals surface area contributed by atoms with E-state index in [0.29, 0.717) is 19.4 Å². The fourth-order valence-electron chi connectivity index (χ4n) is 3.22. The maximum atomic E-state index is 12.3. The third-order valence-electron chi connectivity index (χ3n) is 4.79. The summed E-state index contributed by atoms with van der Waals surface area (Å²) < 4.78 is 23.1. The molecule has 1 fully saturated rings. The molecule has 1 heterocycles. The quantitative estimate of drug-likeness (QED) is 0.817. The molecule has 1 aromatic rings. The Morgan fingerprint density at radius 3 is 2.38 bits per heavy atom. The maximum absolute atomic E-state index is 12.3. The number of hydrogen-bond acceptors (Lipinski definition) is 4. The highest BCUT2D eigenvalue weighted by atomic mass is 32.2. The molecule has 0 saturated carbocycles. The number of benzene rings is 1. The van der Waals surface area contributed by atoms with Gasteiger partial charge in [-0.2, -0.15) is 0 Å². The van der Waals surface area contributed by atoms with E-state index in [9.17, 15) is 13.2 Å². The normalized spacial score (nSPS) is 19.2. The van der Waals surface area contributed by atoms with Crippen molar-refractivity contribution in [3.8, 4) is 0 Å². The smallest absolute Gasteiger partial charge is 0.224 e. The van der Waals surface area contributed by atoms with Crippen molar-refractivity contribution in [2.45, 2.75) is 45.6 Å². The molecule has 1 aromatic carbocycles. The van der Waals surface area contributed by atoms with Gasteiger partial charge in [0.1, 0.15) is 0 Å². The molecule has 134 valence electrons. The van der Waals surface area contributed by atoms with E-state index >= 15 is 0 Å². The molecule has 1 saturated heterocycles. The summed E-state index contributed by atoms with van der Waals surface area (Å²) >= 11 is 0. The van der Waals surface area contributed by atoms with Crippen LogP contribution in [0.4, 0.5) is 5.69 Å². The first-order valence-electron chi connectivity index (χ1n) is 8.68. The summed E-state index contributed by atoms with van der Waals surface area (Å²) in [5.74, 6) is 0.287. The summed E-state index contributed by atoms with van der Waals surface area (Å²) in [5.41, 5.74) is 3.66. The number of amides is 1. The van der Waals surface area contributed by atoms with E-state index in [0.717, 1.165) is 18.5 Å². The molecule has 0 aromatic heterocycles. The monoisotopic (exact) mass is 352 g/mol. The van der Waals surface area contributed by atoms with Crippen molar-refractivity contribution in [2.75, 3.05) is 30.4 Å². The zero-order chi connectivity index (χ0) is 17.7. The predicted octanol–water partition coefficient (Wildman–Crippen LogP) is 2.26. The van der Waals surface area contributed by atoms with Gasteiger partial charge in [0.25, 0.3) is 0 Å². The number of para-hydroxylation sites is 1. The molecule has 0 spiro atoms. The van der Waals surface area contributed by atoms with Gasteiger partial charge in [-0.05, 0) is 30.4 Å². The van der Waals surface area contributed by atoms with Crippen molar-refractivity contribution in [1.82, 2.24) is 4.90 Å². The van der Waals surface area contributed by atoms with E-state index in [4.69, 9.17) is 0 Å². The molecule has 24 heavy (non-hydrogen) atoms. The highest BCUT2D eigenvalue weighted by Gasteiger charge is 2.32. The zero-order valence-corrected chi connectivity index (χ0v) is 15.7. The van der Waals surface area contributed by atoms with Gasteiger partial charge in [-0.25, -0.2) is 8.42 Å². The van der Waals surface area contributed by atoms with E-state index in [1.54, 1.807) is 11.9 Å². The SMILES string of the molecule is CCc1cccc(CC)c1NCCC(=O)N(C)C1CCS(=O)(=O)C1. The van der Waals surface area contributed by atoms with Crippen LogP contribution < -0.4 is 5.32 Å². The Morgan fingerprint density at radius 1 is 1.25 bits per heavy atom. The Morgan fingerprint density at radius 2 is 1.88 bits per heavy atom. The van der Waals surface area contributed by atoms with Crippen LogP contribution in [0.5, 0.6) is 0 Å². The Labute approximate surface area is 145 Å². The molecule has 2 rings (SSSR count). The minimum absolute atomic E-state index is 0.00312. The minimum atomic E-state index is -2.97. The molecule has 1 atom stereocenters. The largest absolute Gasteiger partial charge is 0.384 e. The van der Waals surface area contributed by atoms with Crippen molar-refractivity contribution in [3.05, 3.63) is 29.3 Å². The number of sulfone groups is 1. The summed E-state index contributed by atoms with van der Waals surface area (Å²) in [6.45, 7) is 4.81. The third kappa shape index (κ3) is 4.50. The fraction of sp³-hybridized carbons (Fsp3) is 0.611. The Bertz CT molecular complexity index is 663. The van der Waals surface area contributed by atoms with Crippen LogP contribution in [0.2, 0.25) is 0 Å². The van der Waals surface area contributed by atoms with Crippen LogP contribution in [0.3, 0.4) is 0 Å². The van der Waals surface area contributed by atoms with Gasteiger partial charge in [0.05, 0.1) is 11.5 Å². The van der Waals surface area contributed by atoms with E-state index in [1.165, 1.54) is 11.1 Å². The molecular weight excluding hydrogens is 324 g/mol. The number of hydrogen-bond donors (Lipinski definition) is 1. The number of aryl methyl sites for hydroxylation is 2. The average molecular weight is 353 g/mol. The van der Waals surface area contributed by atoms with E-state index in [2.05, 4.69) is 37.4 Å². The van der Waals surface area contributed by atoms with Crippen LogP contribution in [-0.4, -0.2) is 50.4 Å². The average Bonchev–Trinajstić information content (AvgIpc) is 2.93. The van der Waals surface area contributed by atoms with Gasteiger partial charge in [0.2, 0.25) is 5.91 Å². The molecule has 1 unspecified atom stereocenters. The summed E-state index contributed by atoms with van der Waals surface area (Å²) in [5, 5.41) is 3.41. The van der Waals surface area contributed by atoms with Gasteiger partial charge >= 0.3 is 0 Å². The lowest BCUT2D eigenvalue weighted by atomic mass is 10.0. The summed E-state index contributed by atoms with van der Waals surface area (Å²) in [7, 11) is -1.25. The van der Waals surface area contributed by atoms with Crippen LogP contribution in [0.25, 0.3) is 0 Å². The van der Waals surface area contributed by atoms with E-state index < -0.39 is 9.84 Å². The van der Waals surface area contributed by atoms with Crippen molar-refractivity contribution in [3.63, 3.8) is 0 Å². The molecular formula is C18H28N2O3S. The first kappa shape index (κ1) is 18.8. The molecule has 0 radical (unpaired) electrons. The third-order valence-corrected chi connectivity index (χ3v) is 6.54.